The van der Waals surface area contributed by atoms with E-state index in [1.54, 1.807) is 0 Å². The fourth-order valence-corrected chi connectivity index (χ4v) is 9.03. The molecule has 1 rings (SSSR count). The Balaban J connectivity index is 2.47. The molecule has 0 aromatic carbocycles. The maximum atomic E-state index is 13.2. The molecule has 8 unspecified atom stereocenters. The molecule has 1 saturated heterocycles. The summed E-state index contributed by atoms with van der Waals surface area (Å²) in [5.41, 5.74) is 0. The van der Waals surface area contributed by atoms with Gasteiger partial charge in [0.15, 0.2) is 6.29 Å². The highest BCUT2D eigenvalue weighted by Gasteiger charge is 2.48. The number of aliphatic hydroxyl groups is 5. The third-order valence-corrected chi connectivity index (χ3v) is 13.1. The number of carbonyl (C=O) groups excluding carboxylic acids is 1. The average molecular weight is 936 g/mol. The van der Waals surface area contributed by atoms with Gasteiger partial charge in [-0.15, -0.1) is 0 Å². The number of unbranched alkanes of at least 4 members (excludes halogenated alkanes) is 30. The first-order valence-corrected chi connectivity index (χ1v) is 27.5. The second kappa shape index (κ2) is 40.8. The predicted molar refractivity (Wildman–Crippen MR) is 256 cm³/mol. The monoisotopic (exact) mass is 936 g/mol. The Morgan fingerprint density at radius 1 is 0.609 bits per heavy atom. The number of amides is 1. The van der Waals surface area contributed by atoms with Crippen molar-refractivity contribution in [1.29, 1.82) is 0 Å². The van der Waals surface area contributed by atoms with Crippen molar-refractivity contribution in [3.05, 3.63) is 12.2 Å². The average Bonchev–Trinajstić information content (AvgIpc) is 3.27. The quantitative estimate of drug-likeness (QED) is 0.0173. The highest BCUT2D eigenvalue weighted by Crippen LogP contribution is 2.26. The van der Waals surface area contributed by atoms with Crippen LogP contribution in [0.2, 0.25) is 0 Å². The molecular formula is C50H97NO12S. The molecule has 14 heteroatoms. The number of hydrogen-bond acceptors (Lipinski definition) is 11. The Kier molecular flexibility index (Phi) is 38.8. The lowest BCUT2D eigenvalue weighted by atomic mass is 9.99. The smallest absolute Gasteiger partial charge is 0.394 e. The summed E-state index contributed by atoms with van der Waals surface area (Å²) in [6.07, 6.45) is 33.9. The summed E-state index contributed by atoms with van der Waals surface area (Å²) >= 11 is 0. The largest absolute Gasteiger partial charge is 0.397 e. The highest BCUT2D eigenvalue weighted by molar-refractivity contribution is 7.80. The molecule has 0 aromatic rings. The Hall–Kier alpha value is -1.20. The minimum atomic E-state index is -5.11. The molecule has 0 saturated carbocycles. The van der Waals surface area contributed by atoms with Crippen LogP contribution in [-0.4, -0.2) is 107 Å². The molecule has 1 amide bonds. The molecule has 13 nitrogen and oxygen atoms in total. The summed E-state index contributed by atoms with van der Waals surface area (Å²) in [6.45, 7) is 3.29. The normalized spacial score (nSPS) is 20.8. The Labute approximate surface area is 390 Å². The molecule has 0 aromatic heterocycles. The second-order valence-corrected chi connectivity index (χ2v) is 19.7. The molecule has 0 bridgehead atoms. The zero-order valence-electron chi connectivity index (χ0n) is 40.5. The van der Waals surface area contributed by atoms with E-state index in [4.69, 9.17) is 9.47 Å². The van der Waals surface area contributed by atoms with Gasteiger partial charge in [0, 0.05) is 0 Å². The van der Waals surface area contributed by atoms with Gasteiger partial charge in [-0.05, 0) is 38.5 Å². The van der Waals surface area contributed by atoms with Crippen molar-refractivity contribution >= 4 is 16.3 Å². The van der Waals surface area contributed by atoms with Gasteiger partial charge in [-0.3, -0.25) is 9.35 Å². The van der Waals surface area contributed by atoms with Crippen LogP contribution in [0.5, 0.6) is 0 Å². The molecule has 8 atom stereocenters. The lowest BCUT2D eigenvalue weighted by molar-refractivity contribution is -0.298. The van der Waals surface area contributed by atoms with Gasteiger partial charge < -0.3 is 40.3 Å². The first-order valence-electron chi connectivity index (χ1n) is 26.2. The third-order valence-electron chi connectivity index (χ3n) is 12.7. The fraction of sp³-hybridized carbons (Fsp3) is 0.940. The molecule has 0 radical (unpaired) electrons. The molecule has 1 fully saturated rings. The van der Waals surface area contributed by atoms with E-state index >= 15 is 0 Å². The molecule has 64 heavy (non-hydrogen) atoms. The first kappa shape index (κ1) is 60.8. The van der Waals surface area contributed by atoms with Crippen LogP contribution >= 0.6 is 0 Å². The fourth-order valence-electron chi connectivity index (χ4n) is 8.52. The molecule has 0 spiro atoms. The Bertz CT molecular complexity index is 1210. The van der Waals surface area contributed by atoms with Gasteiger partial charge in [-0.25, -0.2) is 4.18 Å². The van der Waals surface area contributed by atoms with Crippen LogP contribution in [0, 0.1) is 0 Å². The van der Waals surface area contributed by atoms with E-state index in [1.165, 1.54) is 135 Å². The van der Waals surface area contributed by atoms with E-state index in [0.29, 0.717) is 19.3 Å². The van der Waals surface area contributed by atoms with E-state index < -0.39 is 78.5 Å². The lowest BCUT2D eigenvalue weighted by Gasteiger charge is -2.41. The van der Waals surface area contributed by atoms with Crippen LogP contribution in [0.25, 0.3) is 0 Å². The van der Waals surface area contributed by atoms with Gasteiger partial charge in [0.1, 0.15) is 30.5 Å². The second-order valence-electron chi connectivity index (χ2n) is 18.6. The summed E-state index contributed by atoms with van der Waals surface area (Å²) in [5.74, 6) is -0.672. The maximum absolute atomic E-state index is 13.2. The summed E-state index contributed by atoms with van der Waals surface area (Å²) in [7, 11) is -5.11. The SMILES string of the molecule is CCCCCC/C=C\CCCCCCCCC(O)C(=O)NC(COC1OC(CO)C(O)C(OS(=O)(=O)O)C1O)C(O)CCCCCCCCCCCCCCCCCCCCCCC. The topological polar surface area (TPSA) is 212 Å². The Morgan fingerprint density at radius 2 is 1.00 bits per heavy atom. The number of ether oxygens (including phenoxy) is 2. The minimum Gasteiger partial charge on any atom is -0.394 e. The number of rotatable bonds is 45. The molecule has 7 N–H and O–H groups in total. The van der Waals surface area contributed by atoms with E-state index in [1.807, 2.05) is 0 Å². The summed E-state index contributed by atoms with van der Waals surface area (Å²) < 4.78 is 47.7. The lowest BCUT2D eigenvalue weighted by Crippen LogP contribution is -2.61. The van der Waals surface area contributed by atoms with Crippen molar-refractivity contribution < 1.29 is 57.0 Å². The predicted octanol–water partition coefficient (Wildman–Crippen LogP) is 10.1. The molecule has 0 aliphatic carbocycles. The molecular weight excluding hydrogens is 839 g/mol. The number of nitrogens with one attached hydrogen (secondary N) is 1. The van der Waals surface area contributed by atoms with Gasteiger partial charge in [0.05, 0.1) is 25.4 Å². The van der Waals surface area contributed by atoms with E-state index in [-0.39, 0.29) is 6.42 Å². The molecule has 1 heterocycles. The van der Waals surface area contributed by atoms with Gasteiger partial charge in [-0.2, -0.15) is 8.42 Å². The molecule has 1 aliphatic heterocycles. The van der Waals surface area contributed by atoms with E-state index in [2.05, 4.69) is 35.5 Å². The highest BCUT2D eigenvalue weighted by atomic mass is 32.3. The zero-order valence-corrected chi connectivity index (χ0v) is 41.3. The number of carbonyl (C=O) groups is 1. The van der Waals surface area contributed by atoms with Crippen molar-refractivity contribution in [1.82, 2.24) is 5.32 Å². The van der Waals surface area contributed by atoms with Crippen LogP contribution in [0.15, 0.2) is 12.2 Å². The van der Waals surface area contributed by atoms with Crippen molar-refractivity contribution in [2.45, 2.75) is 288 Å². The maximum Gasteiger partial charge on any atom is 0.397 e. The number of hydrogen-bond donors (Lipinski definition) is 7. The van der Waals surface area contributed by atoms with Crippen LogP contribution in [0.4, 0.5) is 0 Å². The number of aliphatic hydroxyl groups excluding tert-OH is 5. The van der Waals surface area contributed by atoms with Crippen molar-refractivity contribution in [3.8, 4) is 0 Å². The van der Waals surface area contributed by atoms with Crippen LogP contribution in [0.1, 0.15) is 239 Å². The number of allylic oxidation sites excluding steroid dienone is 2. The minimum absolute atomic E-state index is 0.255. The summed E-state index contributed by atoms with van der Waals surface area (Å²) in [4.78, 5) is 13.2. The first-order chi connectivity index (χ1) is 30.9. The van der Waals surface area contributed by atoms with Crippen LogP contribution < -0.4 is 5.32 Å². The van der Waals surface area contributed by atoms with Crippen molar-refractivity contribution in [3.63, 3.8) is 0 Å². The third kappa shape index (κ3) is 32.5. The van der Waals surface area contributed by atoms with Gasteiger partial charge in [0.2, 0.25) is 5.91 Å². The Morgan fingerprint density at radius 3 is 1.42 bits per heavy atom. The van der Waals surface area contributed by atoms with E-state index in [9.17, 15) is 43.3 Å². The summed E-state index contributed by atoms with van der Waals surface area (Å²) in [5, 5.41) is 55.5. The van der Waals surface area contributed by atoms with Gasteiger partial charge in [0.25, 0.3) is 0 Å². The van der Waals surface area contributed by atoms with E-state index in [0.717, 1.165) is 64.2 Å². The van der Waals surface area contributed by atoms with Gasteiger partial charge in [-0.1, -0.05) is 212 Å². The van der Waals surface area contributed by atoms with Crippen molar-refractivity contribution in [2.75, 3.05) is 13.2 Å². The van der Waals surface area contributed by atoms with Crippen LogP contribution in [-0.2, 0) is 28.9 Å². The zero-order chi connectivity index (χ0) is 47.1. The standard InChI is InChI=1S/C50H97NO12S/c1-3-5-7-9-11-13-15-17-19-20-21-22-23-24-25-27-28-30-32-34-36-38-43(53)42(41-61-50-47(56)48(63-64(58,59)60)46(55)45(40-52)62-50)51-49(57)44(54)39-37-35-33-31-29-26-18-16-14-12-10-8-6-4-2/h14,16,42-48,50,52-56H,3-13,15,17-41H2,1-2H3,(H,51,57)(H,58,59,60)/b16-14-. The molecule has 1 aliphatic rings. The molecule has 380 valence electrons. The van der Waals surface area contributed by atoms with Gasteiger partial charge >= 0.3 is 10.4 Å². The van der Waals surface area contributed by atoms with Crippen molar-refractivity contribution in [2.24, 2.45) is 0 Å². The summed E-state index contributed by atoms with van der Waals surface area (Å²) in [6, 6.07) is -1.03. The van der Waals surface area contributed by atoms with Crippen LogP contribution in [0.3, 0.4) is 0 Å².